The minimum atomic E-state index is -1.47. The first kappa shape index (κ1) is 16.9. The molecule has 1 unspecified atom stereocenters. The van der Waals surface area contributed by atoms with Gasteiger partial charge >= 0.3 is 0 Å². The molecule has 0 spiro atoms. The molecule has 2 aliphatic carbocycles. The minimum absolute atomic E-state index is 0.332. The predicted molar refractivity (Wildman–Crippen MR) is 93.8 cm³/mol. The molecule has 1 aliphatic heterocycles. The van der Waals surface area contributed by atoms with E-state index in [0.717, 1.165) is 31.4 Å². The Morgan fingerprint density at radius 2 is 1.27 bits per heavy atom. The number of nitrogens with zero attached hydrogens (tertiary/aromatic N) is 2. The van der Waals surface area contributed by atoms with Crippen molar-refractivity contribution in [2.24, 2.45) is 9.98 Å². The van der Waals surface area contributed by atoms with E-state index in [1.807, 2.05) is 0 Å². The molecule has 1 atom stereocenters. The van der Waals surface area contributed by atoms with Crippen LogP contribution in [0.4, 0.5) is 0 Å². The molecule has 6 heteroatoms. The predicted octanol–water partition coefficient (Wildman–Crippen LogP) is 5.26. The van der Waals surface area contributed by atoms with Gasteiger partial charge in [-0.3, -0.25) is 4.99 Å². The van der Waals surface area contributed by atoms with E-state index in [-0.39, 0.29) is 0 Å². The van der Waals surface area contributed by atoms with Crippen molar-refractivity contribution >= 4 is 46.4 Å². The van der Waals surface area contributed by atoms with Crippen LogP contribution in [0.25, 0.3) is 0 Å². The van der Waals surface area contributed by atoms with Gasteiger partial charge in [-0.15, -0.1) is 0 Å². The third kappa shape index (κ3) is 4.10. The molecule has 3 nitrogen and oxygen atoms in total. The zero-order chi connectivity index (χ0) is 15.6. The van der Waals surface area contributed by atoms with Crippen LogP contribution in [0, 0.1) is 0 Å². The third-order valence-corrected chi connectivity index (χ3v) is 5.36. The smallest absolute Gasteiger partial charge is 0.235 e. The van der Waals surface area contributed by atoms with Crippen molar-refractivity contribution in [3.05, 3.63) is 0 Å². The van der Waals surface area contributed by atoms with E-state index in [1.165, 1.54) is 38.5 Å². The molecule has 2 saturated carbocycles. The van der Waals surface area contributed by atoms with Crippen molar-refractivity contribution in [2.75, 3.05) is 0 Å². The Kier molecular flexibility index (Phi) is 5.57. The fourth-order valence-corrected chi connectivity index (χ4v) is 3.95. The molecule has 124 valence electrons. The van der Waals surface area contributed by atoms with Gasteiger partial charge in [-0.05, 0) is 25.7 Å². The fourth-order valence-electron chi connectivity index (χ4n) is 3.51. The quantitative estimate of drug-likeness (QED) is 0.614. The molecule has 1 heterocycles. The number of ether oxygens (including phenoxy) is 1. The fraction of sp³-hybridized carbons (Fsp3) is 0.875. The van der Waals surface area contributed by atoms with Gasteiger partial charge in [0.1, 0.15) is 5.71 Å². The highest BCUT2D eigenvalue weighted by Crippen LogP contribution is 2.39. The van der Waals surface area contributed by atoms with Crippen molar-refractivity contribution in [3.8, 4) is 0 Å². The Bertz CT molecular complexity index is 447. The lowest BCUT2D eigenvalue weighted by Crippen LogP contribution is -2.54. The van der Waals surface area contributed by atoms with Crippen LogP contribution in [0.2, 0.25) is 0 Å². The first-order valence-electron chi connectivity index (χ1n) is 8.43. The summed E-state index contributed by atoms with van der Waals surface area (Å²) in [5.41, 5.74) is 0.775. The average molecular weight is 366 g/mol. The van der Waals surface area contributed by atoms with Crippen LogP contribution in [0.3, 0.4) is 0 Å². The summed E-state index contributed by atoms with van der Waals surface area (Å²) >= 11 is 18.1. The van der Waals surface area contributed by atoms with Crippen LogP contribution in [0.1, 0.15) is 64.2 Å². The molecule has 0 aromatic rings. The number of halogens is 3. The summed E-state index contributed by atoms with van der Waals surface area (Å²) < 4.78 is 4.21. The normalized spacial score (nSPS) is 32.0. The maximum Gasteiger partial charge on any atom is 0.235 e. The largest absolute Gasteiger partial charge is 0.462 e. The number of aliphatic imine (C=N–C) groups is 2. The van der Waals surface area contributed by atoms with Crippen LogP contribution in [0.5, 0.6) is 0 Å². The summed E-state index contributed by atoms with van der Waals surface area (Å²) in [6.45, 7) is 0. The summed E-state index contributed by atoms with van der Waals surface area (Å²) in [6, 6.07) is 0.677. The van der Waals surface area contributed by atoms with Crippen molar-refractivity contribution in [3.63, 3.8) is 0 Å². The lowest BCUT2D eigenvalue weighted by atomic mass is 9.95. The van der Waals surface area contributed by atoms with Gasteiger partial charge in [0.2, 0.25) is 9.69 Å². The number of hydrogen-bond acceptors (Lipinski definition) is 3. The van der Waals surface area contributed by atoms with E-state index < -0.39 is 9.90 Å². The van der Waals surface area contributed by atoms with Gasteiger partial charge in [0.15, 0.2) is 6.10 Å². The van der Waals surface area contributed by atoms with Crippen LogP contribution >= 0.6 is 34.8 Å². The monoisotopic (exact) mass is 364 g/mol. The topological polar surface area (TPSA) is 34.0 Å². The molecule has 0 aromatic heterocycles. The summed E-state index contributed by atoms with van der Waals surface area (Å²) in [5, 5.41) is 0. The zero-order valence-corrected chi connectivity index (χ0v) is 15.0. The summed E-state index contributed by atoms with van der Waals surface area (Å²) in [5.74, 6) is 0.619. The lowest BCUT2D eigenvalue weighted by molar-refractivity contribution is 0.220. The van der Waals surface area contributed by atoms with Crippen molar-refractivity contribution in [1.29, 1.82) is 0 Å². The van der Waals surface area contributed by atoms with Crippen molar-refractivity contribution < 1.29 is 4.74 Å². The van der Waals surface area contributed by atoms with Gasteiger partial charge in [-0.1, -0.05) is 73.3 Å². The van der Waals surface area contributed by atoms with E-state index in [4.69, 9.17) is 49.5 Å². The van der Waals surface area contributed by atoms with Gasteiger partial charge in [-0.25, -0.2) is 4.99 Å². The SMILES string of the molecule is ClC(Cl)(Cl)C1OC(=NC2CCCCC2)C1=NC1CCCCC1. The number of alkyl halides is 3. The van der Waals surface area contributed by atoms with Gasteiger partial charge in [0, 0.05) is 0 Å². The van der Waals surface area contributed by atoms with Crippen LogP contribution in [0.15, 0.2) is 9.98 Å². The molecular weight excluding hydrogens is 343 g/mol. The highest BCUT2D eigenvalue weighted by atomic mass is 35.6. The summed E-state index contributed by atoms with van der Waals surface area (Å²) in [4.78, 5) is 9.58. The Balaban J connectivity index is 1.75. The van der Waals surface area contributed by atoms with E-state index in [1.54, 1.807) is 0 Å². The van der Waals surface area contributed by atoms with E-state index in [2.05, 4.69) is 0 Å². The second-order valence-corrected chi connectivity index (χ2v) is 8.94. The van der Waals surface area contributed by atoms with Gasteiger partial charge in [-0.2, -0.15) is 0 Å². The van der Waals surface area contributed by atoms with Gasteiger partial charge in [0.25, 0.3) is 0 Å². The minimum Gasteiger partial charge on any atom is -0.462 e. The molecule has 22 heavy (non-hydrogen) atoms. The van der Waals surface area contributed by atoms with Crippen molar-refractivity contribution in [1.82, 2.24) is 0 Å². The Morgan fingerprint density at radius 1 is 0.773 bits per heavy atom. The van der Waals surface area contributed by atoms with E-state index in [0.29, 0.717) is 18.0 Å². The van der Waals surface area contributed by atoms with Crippen LogP contribution in [-0.4, -0.2) is 33.6 Å². The first-order valence-corrected chi connectivity index (χ1v) is 9.56. The molecule has 0 aromatic carbocycles. The molecule has 3 rings (SSSR count). The van der Waals surface area contributed by atoms with E-state index >= 15 is 0 Å². The Labute approximate surface area is 147 Å². The number of rotatable bonds is 2. The molecule has 1 saturated heterocycles. The second kappa shape index (κ2) is 7.27. The standard InChI is InChI=1S/C16H23Cl3N2O/c17-16(18,19)14-13(20-11-7-3-1-4-8-11)15(22-14)21-12-9-5-2-6-10-12/h11-12,14H,1-10H2. The maximum atomic E-state index is 6.03. The van der Waals surface area contributed by atoms with Crippen LogP contribution < -0.4 is 0 Å². The highest BCUT2D eigenvalue weighted by molar-refractivity contribution is 6.71. The van der Waals surface area contributed by atoms with Gasteiger partial charge in [0.05, 0.1) is 12.1 Å². The summed E-state index contributed by atoms with van der Waals surface area (Å²) in [6.07, 6.45) is 11.5. The third-order valence-electron chi connectivity index (χ3n) is 4.77. The van der Waals surface area contributed by atoms with E-state index in [9.17, 15) is 0 Å². The molecule has 3 fully saturated rings. The molecule has 0 N–H and O–H groups in total. The van der Waals surface area contributed by atoms with Gasteiger partial charge < -0.3 is 4.74 Å². The molecule has 0 bridgehead atoms. The number of hydrogen-bond donors (Lipinski definition) is 0. The molecular formula is C16H23Cl3N2O. The lowest BCUT2D eigenvalue weighted by Gasteiger charge is -2.37. The summed E-state index contributed by atoms with van der Waals surface area (Å²) in [7, 11) is 0. The molecule has 0 amide bonds. The van der Waals surface area contributed by atoms with Crippen LogP contribution in [-0.2, 0) is 4.74 Å². The first-order chi connectivity index (χ1) is 10.5. The second-order valence-electron chi connectivity index (χ2n) is 6.57. The average Bonchev–Trinajstić information content (AvgIpc) is 2.50. The Hall–Kier alpha value is 0.01000. The molecule has 0 radical (unpaired) electrons. The zero-order valence-electron chi connectivity index (χ0n) is 12.7. The van der Waals surface area contributed by atoms with Crippen molar-refractivity contribution in [2.45, 2.75) is 86.2 Å². The highest BCUT2D eigenvalue weighted by Gasteiger charge is 2.50. The molecule has 3 aliphatic rings. The maximum absolute atomic E-state index is 6.03. The Morgan fingerprint density at radius 3 is 1.77 bits per heavy atom.